The van der Waals surface area contributed by atoms with Crippen LogP contribution >= 0.6 is 0 Å². The van der Waals surface area contributed by atoms with Crippen LogP contribution < -0.4 is 15.8 Å². The van der Waals surface area contributed by atoms with Crippen LogP contribution in [0.4, 0.5) is 36.4 Å². The molecule has 0 bridgehead atoms. The first kappa shape index (κ1) is 19.3. The molecule has 0 spiro atoms. The maximum atomic E-state index is 14.0. The molecule has 1 heterocycles. The lowest BCUT2D eigenvalue weighted by Gasteiger charge is -2.29. The summed E-state index contributed by atoms with van der Waals surface area (Å²) in [6.07, 6.45) is -10.9. The van der Waals surface area contributed by atoms with E-state index in [2.05, 4.69) is 5.32 Å². The van der Waals surface area contributed by atoms with Crippen molar-refractivity contribution >= 4 is 5.69 Å². The third kappa shape index (κ3) is 3.66. The molecular formula is C17H13F7N2O. The minimum absolute atomic E-state index is 0.0314. The van der Waals surface area contributed by atoms with Crippen LogP contribution in [0.25, 0.3) is 11.1 Å². The van der Waals surface area contributed by atoms with E-state index in [1.54, 1.807) is 0 Å². The van der Waals surface area contributed by atoms with Gasteiger partial charge in [-0.15, -0.1) is 0 Å². The maximum absolute atomic E-state index is 14.0. The molecule has 1 aliphatic heterocycles. The van der Waals surface area contributed by atoms with Crippen LogP contribution in [-0.2, 0) is 12.4 Å². The zero-order valence-corrected chi connectivity index (χ0v) is 13.5. The molecule has 3 N–H and O–H groups in total. The summed E-state index contributed by atoms with van der Waals surface area (Å²) in [5, 5.41) is 2.72. The predicted molar refractivity (Wildman–Crippen MR) is 83.8 cm³/mol. The van der Waals surface area contributed by atoms with Crippen LogP contribution in [0.3, 0.4) is 0 Å². The standard InChI is InChI=1S/C17H13F7N2O/c18-8-4-10(15-13(5-8)26-7-9(6-25)27-15)14-11(16(19,20)21)2-1-3-12(14)17(22,23)24/h1-5,9,26H,6-7,25H2. The van der Waals surface area contributed by atoms with Crippen molar-refractivity contribution in [3.05, 3.63) is 47.3 Å². The second-order valence-electron chi connectivity index (χ2n) is 5.91. The molecule has 0 saturated heterocycles. The Labute approximate surface area is 148 Å². The fraction of sp³-hybridized carbons (Fsp3) is 0.294. The van der Waals surface area contributed by atoms with Gasteiger partial charge >= 0.3 is 12.4 Å². The van der Waals surface area contributed by atoms with E-state index >= 15 is 0 Å². The zero-order chi connectivity index (χ0) is 20.0. The van der Waals surface area contributed by atoms with E-state index in [1.807, 2.05) is 0 Å². The number of ether oxygens (including phenoxy) is 1. The first-order chi connectivity index (χ1) is 12.5. The van der Waals surface area contributed by atoms with E-state index in [1.165, 1.54) is 0 Å². The second kappa shape index (κ2) is 6.59. The van der Waals surface area contributed by atoms with Gasteiger partial charge in [0.1, 0.15) is 11.9 Å². The van der Waals surface area contributed by atoms with Crippen LogP contribution in [0.5, 0.6) is 5.75 Å². The summed E-state index contributed by atoms with van der Waals surface area (Å²) in [6.45, 7) is 0.107. The first-order valence-corrected chi connectivity index (χ1v) is 7.74. The highest BCUT2D eigenvalue weighted by Gasteiger charge is 2.42. The monoisotopic (exact) mass is 394 g/mol. The van der Waals surface area contributed by atoms with Gasteiger partial charge in [0, 0.05) is 23.7 Å². The Morgan fingerprint density at radius 2 is 1.63 bits per heavy atom. The van der Waals surface area contributed by atoms with Gasteiger partial charge in [-0.25, -0.2) is 4.39 Å². The SMILES string of the molecule is NCC1CNc2cc(F)cc(-c3c(C(F)(F)F)cccc3C(F)(F)F)c2O1. The predicted octanol–water partition coefficient (Wildman–Crippen LogP) is 4.66. The fourth-order valence-electron chi connectivity index (χ4n) is 2.92. The molecule has 10 heteroatoms. The minimum Gasteiger partial charge on any atom is -0.484 e. The highest BCUT2D eigenvalue weighted by molar-refractivity contribution is 5.83. The van der Waals surface area contributed by atoms with Crippen LogP contribution in [-0.4, -0.2) is 19.2 Å². The van der Waals surface area contributed by atoms with Crippen molar-refractivity contribution in [3.63, 3.8) is 0 Å². The van der Waals surface area contributed by atoms with E-state index in [4.69, 9.17) is 10.5 Å². The number of hydrogen-bond donors (Lipinski definition) is 2. The van der Waals surface area contributed by atoms with Gasteiger partial charge in [0.05, 0.1) is 23.4 Å². The molecule has 0 fully saturated rings. The molecule has 3 rings (SSSR count). The molecule has 1 unspecified atom stereocenters. The Kier molecular flexibility index (Phi) is 4.71. The summed E-state index contributed by atoms with van der Waals surface area (Å²) < 4.78 is 100. The summed E-state index contributed by atoms with van der Waals surface area (Å²) in [6, 6.07) is 3.22. The molecule has 1 aliphatic rings. The van der Waals surface area contributed by atoms with Crippen molar-refractivity contribution in [2.45, 2.75) is 18.5 Å². The summed E-state index contributed by atoms with van der Waals surface area (Å²) in [4.78, 5) is 0. The van der Waals surface area contributed by atoms with Crippen molar-refractivity contribution < 1.29 is 35.5 Å². The van der Waals surface area contributed by atoms with Crippen molar-refractivity contribution in [2.75, 3.05) is 18.4 Å². The molecule has 0 radical (unpaired) electrons. The van der Waals surface area contributed by atoms with E-state index in [9.17, 15) is 30.7 Å². The highest BCUT2D eigenvalue weighted by Crippen LogP contribution is 2.49. The van der Waals surface area contributed by atoms with Crippen molar-refractivity contribution in [1.29, 1.82) is 0 Å². The molecule has 2 aromatic rings. The second-order valence-corrected chi connectivity index (χ2v) is 5.91. The molecule has 0 aliphatic carbocycles. The van der Waals surface area contributed by atoms with Crippen LogP contribution in [0.2, 0.25) is 0 Å². The molecule has 3 nitrogen and oxygen atoms in total. The van der Waals surface area contributed by atoms with Gasteiger partial charge in [-0.3, -0.25) is 0 Å². The van der Waals surface area contributed by atoms with Gasteiger partial charge < -0.3 is 15.8 Å². The number of hydrogen-bond acceptors (Lipinski definition) is 3. The Bertz CT molecular complexity index is 829. The lowest BCUT2D eigenvalue weighted by molar-refractivity contribution is -0.142. The van der Waals surface area contributed by atoms with Gasteiger partial charge in [-0.05, 0) is 18.2 Å². The quantitative estimate of drug-likeness (QED) is 0.729. The molecule has 0 saturated carbocycles. The average molecular weight is 394 g/mol. The van der Waals surface area contributed by atoms with E-state index < -0.39 is 46.5 Å². The average Bonchev–Trinajstić information content (AvgIpc) is 2.58. The lowest BCUT2D eigenvalue weighted by Crippen LogP contribution is -2.37. The third-order valence-electron chi connectivity index (χ3n) is 4.07. The summed E-state index contributed by atoms with van der Waals surface area (Å²) >= 11 is 0. The zero-order valence-electron chi connectivity index (χ0n) is 13.5. The molecule has 0 aromatic heterocycles. The van der Waals surface area contributed by atoms with Crippen LogP contribution in [0, 0.1) is 5.82 Å². The molecule has 146 valence electrons. The molecule has 2 aromatic carbocycles. The molecule has 1 atom stereocenters. The molecule has 27 heavy (non-hydrogen) atoms. The normalized spacial score (nSPS) is 17.1. The Balaban J connectivity index is 2.36. The number of nitrogens with one attached hydrogen (secondary N) is 1. The number of rotatable bonds is 2. The number of halogens is 7. The topological polar surface area (TPSA) is 47.3 Å². The Morgan fingerprint density at radius 1 is 1.04 bits per heavy atom. The van der Waals surface area contributed by atoms with Crippen molar-refractivity contribution in [1.82, 2.24) is 0 Å². The van der Waals surface area contributed by atoms with Gasteiger partial charge in [0.25, 0.3) is 0 Å². The van der Waals surface area contributed by atoms with Gasteiger partial charge in [0.15, 0.2) is 5.75 Å². The summed E-state index contributed by atoms with van der Waals surface area (Å²) in [7, 11) is 0. The third-order valence-corrected chi connectivity index (χ3v) is 4.07. The van der Waals surface area contributed by atoms with E-state index in [0.29, 0.717) is 24.3 Å². The number of nitrogens with two attached hydrogens (primary N) is 1. The van der Waals surface area contributed by atoms with Crippen molar-refractivity contribution in [3.8, 4) is 16.9 Å². The maximum Gasteiger partial charge on any atom is 0.417 e. The Hall–Kier alpha value is -2.49. The van der Waals surface area contributed by atoms with Crippen molar-refractivity contribution in [2.24, 2.45) is 5.73 Å². The number of alkyl halides is 6. The summed E-state index contributed by atoms with van der Waals surface area (Å²) in [5.74, 6) is -1.31. The number of anilines is 1. The van der Waals surface area contributed by atoms with Gasteiger partial charge in [0.2, 0.25) is 0 Å². The minimum atomic E-state index is -5.09. The van der Waals surface area contributed by atoms with Crippen LogP contribution in [0.1, 0.15) is 11.1 Å². The fourth-order valence-corrected chi connectivity index (χ4v) is 2.92. The number of benzene rings is 2. The lowest BCUT2D eigenvalue weighted by atomic mass is 9.92. The van der Waals surface area contributed by atoms with E-state index in [-0.39, 0.29) is 24.5 Å². The Morgan fingerprint density at radius 3 is 2.15 bits per heavy atom. The van der Waals surface area contributed by atoms with E-state index in [0.717, 1.165) is 6.07 Å². The first-order valence-electron chi connectivity index (χ1n) is 7.74. The smallest absolute Gasteiger partial charge is 0.417 e. The number of fused-ring (bicyclic) bond motifs is 1. The molecule has 0 amide bonds. The summed E-state index contributed by atoms with van der Waals surface area (Å²) in [5.41, 5.74) is 0.530. The molecular weight excluding hydrogens is 381 g/mol. The van der Waals surface area contributed by atoms with Gasteiger partial charge in [-0.1, -0.05) is 6.07 Å². The van der Waals surface area contributed by atoms with Crippen LogP contribution in [0.15, 0.2) is 30.3 Å². The van der Waals surface area contributed by atoms with Gasteiger partial charge in [-0.2, -0.15) is 26.3 Å². The largest absolute Gasteiger partial charge is 0.484 e. The highest BCUT2D eigenvalue weighted by atomic mass is 19.4.